The van der Waals surface area contributed by atoms with Gasteiger partial charge in [-0.15, -0.1) is 0 Å². The Labute approximate surface area is 145 Å². The summed E-state index contributed by atoms with van der Waals surface area (Å²) in [4.78, 5) is 16.5. The average molecular weight is 333 g/mol. The zero-order chi connectivity index (χ0) is 17.6. The molecule has 5 nitrogen and oxygen atoms in total. The van der Waals surface area contributed by atoms with Gasteiger partial charge in [0.05, 0.1) is 12.1 Å². The van der Waals surface area contributed by atoms with E-state index >= 15 is 0 Å². The van der Waals surface area contributed by atoms with Crippen LogP contribution in [0, 0.1) is 5.92 Å². The van der Waals surface area contributed by atoms with Crippen LogP contribution in [0.25, 0.3) is 0 Å². The summed E-state index contributed by atoms with van der Waals surface area (Å²) in [5, 5.41) is 13.0. The minimum absolute atomic E-state index is 0.0410. The molecule has 1 aliphatic rings. The number of anilines is 1. The Kier molecular flexibility index (Phi) is 6.63. The predicted octanol–water partition coefficient (Wildman–Crippen LogP) is 1.72. The van der Waals surface area contributed by atoms with Gasteiger partial charge in [0, 0.05) is 31.9 Å². The number of likely N-dealkylation sites (N-methyl/N-ethyl adjacent to an activating group) is 1. The second kappa shape index (κ2) is 8.49. The van der Waals surface area contributed by atoms with E-state index in [0.29, 0.717) is 19.0 Å². The molecule has 0 aliphatic carbocycles. The molecule has 1 saturated heterocycles. The summed E-state index contributed by atoms with van der Waals surface area (Å²) in [6.07, 6.45) is 1.11. The van der Waals surface area contributed by atoms with E-state index in [1.165, 1.54) is 5.69 Å². The molecule has 5 heteroatoms. The molecule has 0 spiro atoms. The van der Waals surface area contributed by atoms with Gasteiger partial charge in [0.2, 0.25) is 5.91 Å². The molecular weight excluding hydrogens is 302 g/mol. The van der Waals surface area contributed by atoms with Crippen molar-refractivity contribution in [2.75, 3.05) is 44.2 Å². The molecular formula is C19H31N3O2. The molecule has 1 fully saturated rings. The van der Waals surface area contributed by atoms with Crippen molar-refractivity contribution < 1.29 is 9.90 Å². The highest BCUT2D eigenvalue weighted by atomic mass is 16.3. The zero-order valence-electron chi connectivity index (χ0n) is 15.2. The maximum Gasteiger partial charge on any atom is 0.234 e. The van der Waals surface area contributed by atoms with E-state index < -0.39 is 5.60 Å². The van der Waals surface area contributed by atoms with Crippen molar-refractivity contribution in [3.8, 4) is 0 Å². The number of nitrogens with zero attached hydrogens (tertiary/aromatic N) is 2. The van der Waals surface area contributed by atoms with Crippen LogP contribution in [0.15, 0.2) is 30.3 Å². The number of para-hydroxylation sites is 1. The first-order valence-electron chi connectivity index (χ1n) is 8.89. The Hall–Kier alpha value is -1.59. The third-order valence-corrected chi connectivity index (χ3v) is 4.42. The average Bonchev–Trinajstić information content (AvgIpc) is 3.01. The quantitative estimate of drug-likeness (QED) is 0.761. The zero-order valence-corrected chi connectivity index (χ0v) is 15.2. The Morgan fingerprint density at radius 1 is 1.38 bits per heavy atom. The third kappa shape index (κ3) is 6.13. The van der Waals surface area contributed by atoms with Gasteiger partial charge in [0.25, 0.3) is 0 Å². The number of aliphatic hydroxyl groups is 1. The van der Waals surface area contributed by atoms with Crippen LogP contribution in [-0.4, -0.2) is 60.8 Å². The van der Waals surface area contributed by atoms with Crippen molar-refractivity contribution in [1.82, 2.24) is 10.2 Å². The van der Waals surface area contributed by atoms with Crippen LogP contribution in [0.5, 0.6) is 0 Å². The first-order chi connectivity index (χ1) is 11.4. The predicted molar refractivity (Wildman–Crippen MR) is 98.2 cm³/mol. The SMILES string of the molecule is CCN(CC(=O)NCC1CCN(c2ccccc2)C1)CC(C)(C)O. The molecule has 1 amide bonds. The molecule has 0 radical (unpaired) electrons. The summed E-state index contributed by atoms with van der Waals surface area (Å²) in [5.41, 5.74) is 0.478. The molecule has 1 aromatic carbocycles. The maximum atomic E-state index is 12.2. The summed E-state index contributed by atoms with van der Waals surface area (Å²) < 4.78 is 0. The highest BCUT2D eigenvalue weighted by molar-refractivity contribution is 5.78. The van der Waals surface area contributed by atoms with E-state index in [2.05, 4.69) is 34.5 Å². The Balaban J connectivity index is 1.72. The van der Waals surface area contributed by atoms with Crippen molar-refractivity contribution in [2.24, 2.45) is 5.92 Å². The molecule has 1 atom stereocenters. The van der Waals surface area contributed by atoms with Gasteiger partial charge in [-0.3, -0.25) is 9.69 Å². The topological polar surface area (TPSA) is 55.8 Å². The van der Waals surface area contributed by atoms with Crippen molar-refractivity contribution in [3.05, 3.63) is 30.3 Å². The van der Waals surface area contributed by atoms with Crippen molar-refractivity contribution in [3.63, 3.8) is 0 Å². The lowest BCUT2D eigenvalue weighted by atomic mass is 10.1. The van der Waals surface area contributed by atoms with Gasteiger partial charge in [0.1, 0.15) is 0 Å². The van der Waals surface area contributed by atoms with Crippen LogP contribution in [-0.2, 0) is 4.79 Å². The fourth-order valence-electron chi connectivity index (χ4n) is 3.22. The van der Waals surface area contributed by atoms with E-state index in [9.17, 15) is 9.90 Å². The smallest absolute Gasteiger partial charge is 0.234 e. The summed E-state index contributed by atoms with van der Waals surface area (Å²) in [5.74, 6) is 0.540. The standard InChI is InChI=1S/C19H31N3O2/c1-4-21(15-19(2,3)24)14-18(23)20-12-16-10-11-22(13-16)17-8-6-5-7-9-17/h5-9,16,24H,4,10-15H2,1-3H3,(H,20,23). The number of rotatable bonds is 8. The maximum absolute atomic E-state index is 12.2. The van der Waals surface area contributed by atoms with Crippen molar-refractivity contribution in [1.29, 1.82) is 0 Å². The number of hydrogen-bond donors (Lipinski definition) is 2. The molecule has 1 unspecified atom stereocenters. The van der Waals surface area contributed by atoms with Gasteiger partial charge in [-0.05, 0) is 44.9 Å². The molecule has 2 N–H and O–H groups in total. The minimum atomic E-state index is -0.780. The first kappa shape index (κ1) is 18.7. The normalized spacial score (nSPS) is 18.2. The lowest BCUT2D eigenvalue weighted by molar-refractivity contribution is -0.123. The summed E-state index contributed by atoms with van der Waals surface area (Å²) in [6, 6.07) is 10.4. The monoisotopic (exact) mass is 333 g/mol. The van der Waals surface area contributed by atoms with E-state index in [1.54, 1.807) is 13.8 Å². The highest BCUT2D eigenvalue weighted by Crippen LogP contribution is 2.22. The van der Waals surface area contributed by atoms with E-state index in [1.807, 2.05) is 17.9 Å². The number of hydrogen-bond acceptors (Lipinski definition) is 4. The van der Waals surface area contributed by atoms with Crippen molar-refractivity contribution in [2.45, 2.75) is 32.8 Å². The van der Waals surface area contributed by atoms with E-state index in [-0.39, 0.29) is 5.91 Å². The van der Waals surface area contributed by atoms with Gasteiger partial charge in [0.15, 0.2) is 0 Å². The molecule has 24 heavy (non-hydrogen) atoms. The number of carbonyl (C=O) groups is 1. The van der Waals surface area contributed by atoms with Crippen LogP contribution in [0.2, 0.25) is 0 Å². The molecule has 1 aromatic rings. The van der Waals surface area contributed by atoms with Crippen molar-refractivity contribution >= 4 is 11.6 Å². The molecule has 134 valence electrons. The number of benzene rings is 1. The second-order valence-corrected chi connectivity index (χ2v) is 7.36. The molecule has 1 heterocycles. The minimum Gasteiger partial charge on any atom is -0.389 e. The fraction of sp³-hybridized carbons (Fsp3) is 0.632. The Morgan fingerprint density at radius 2 is 2.08 bits per heavy atom. The second-order valence-electron chi connectivity index (χ2n) is 7.36. The summed E-state index contributed by atoms with van der Waals surface area (Å²) in [6.45, 7) is 9.90. The molecule has 0 saturated carbocycles. The van der Waals surface area contributed by atoms with Gasteiger partial charge >= 0.3 is 0 Å². The van der Waals surface area contributed by atoms with E-state index in [4.69, 9.17) is 0 Å². The summed E-state index contributed by atoms with van der Waals surface area (Å²) in [7, 11) is 0. The van der Waals surface area contributed by atoms with E-state index in [0.717, 1.165) is 32.6 Å². The first-order valence-corrected chi connectivity index (χ1v) is 8.89. The molecule has 0 bridgehead atoms. The van der Waals surface area contributed by atoms with Gasteiger partial charge in [-0.1, -0.05) is 25.1 Å². The van der Waals surface area contributed by atoms with Crippen LogP contribution < -0.4 is 10.2 Å². The van der Waals surface area contributed by atoms with Gasteiger partial charge < -0.3 is 15.3 Å². The molecule has 2 rings (SSSR count). The molecule has 0 aromatic heterocycles. The van der Waals surface area contributed by atoms with Crippen LogP contribution in [0.1, 0.15) is 27.2 Å². The number of amides is 1. The molecule has 1 aliphatic heterocycles. The third-order valence-electron chi connectivity index (χ3n) is 4.42. The fourth-order valence-corrected chi connectivity index (χ4v) is 3.22. The summed E-state index contributed by atoms with van der Waals surface area (Å²) >= 11 is 0. The lowest BCUT2D eigenvalue weighted by Gasteiger charge is -2.27. The number of nitrogens with one attached hydrogen (secondary N) is 1. The highest BCUT2D eigenvalue weighted by Gasteiger charge is 2.24. The van der Waals surface area contributed by atoms with Crippen LogP contribution in [0.3, 0.4) is 0 Å². The van der Waals surface area contributed by atoms with Crippen LogP contribution in [0.4, 0.5) is 5.69 Å². The van der Waals surface area contributed by atoms with Crippen LogP contribution >= 0.6 is 0 Å². The lowest BCUT2D eigenvalue weighted by Crippen LogP contribution is -2.44. The Morgan fingerprint density at radius 3 is 2.71 bits per heavy atom. The Bertz CT molecular complexity index is 513. The van der Waals surface area contributed by atoms with Gasteiger partial charge in [-0.2, -0.15) is 0 Å². The van der Waals surface area contributed by atoms with Gasteiger partial charge in [-0.25, -0.2) is 0 Å². The number of carbonyl (C=O) groups excluding carboxylic acids is 1. The largest absolute Gasteiger partial charge is 0.389 e.